The second-order valence-corrected chi connectivity index (χ2v) is 2.15. The van der Waals surface area contributed by atoms with Crippen LogP contribution in [0.5, 0.6) is 0 Å². The fourth-order valence-corrected chi connectivity index (χ4v) is 1.06. The zero-order chi connectivity index (χ0) is 6.10. The van der Waals surface area contributed by atoms with E-state index < -0.39 is 0 Å². The Morgan fingerprint density at radius 1 is 1.44 bits per heavy atom. The molecule has 0 unspecified atom stereocenters. The predicted octanol–water partition coefficient (Wildman–Crippen LogP) is 1.86. The number of fused-ring (bicyclic) bond motifs is 1. The first-order chi connectivity index (χ1) is 4.47. The summed E-state index contributed by atoms with van der Waals surface area (Å²) < 4.78 is 0. The highest BCUT2D eigenvalue weighted by molar-refractivity contribution is 5.58. The fourth-order valence-electron chi connectivity index (χ4n) is 1.06. The van der Waals surface area contributed by atoms with Crippen molar-refractivity contribution in [2.45, 2.75) is 6.42 Å². The Morgan fingerprint density at radius 3 is 3.33 bits per heavy atom. The third-order valence-electron chi connectivity index (χ3n) is 1.54. The van der Waals surface area contributed by atoms with Gasteiger partial charge in [-0.1, -0.05) is 18.2 Å². The molecule has 1 aromatic carbocycles. The minimum atomic E-state index is 1.06. The van der Waals surface area contributed by atoms with Gasteiger partial charge in [-0.3, -0.25) is 0 Å². The lowest BCUT2D eigenvalue weighted by Gasteiger charge is -1.91. The van der Waals surface area contributed by atoms with Crippen molar-refractivity contribution in [3.63, 3.8) is 0 Å². The Hall–Kier alpha value is -1.04. The van der Waals surface area contributed by atoms with E-state index in [1.807, 2.05) is 12.1 Å². The predicted molar refractivity (Wildman–Crippen MR) is 36.9 cm³/mol. The van der Waals surface area contributed by atoms with Gasteiger partial charge in [-0.25, -0.2) is 0 Å². The summed E-state index contributed by atoms with van der Waals surface area (Å²) in [6.45, 7) is 0. The Morgan fingerprint density at radius 2 is 2.44 bits per heavy atom. The van der Waals surface area contributed by atoms with Crippen LogP contribution in [-0.2, 0) is 6.42 Å². The van der Waals surface area contributed by atoms with Gasteiger partial charge in [0.1, 0.15) is 0 Å². The van der Waals surface area contributed by atoms with Crippen LogP contribution in [0, 0.1) is 12.1 Å². The van der Waals surface area contributed by atoms with Gasteiger partial charge in [0, 0.05) is 0 Å². The van der Waals surface area contributed by atoms with Crippen molar-refractivity contribution in [2.24, 2.45) is 0 Å². The standard InChI is InChI=1S/C9H6/c1-2-5-9-7-3-6-8(9)4-1/h1,3,5-6H,7H2. The second kappa shape index (κ2) is 1.73. The fraction of sp³-hybridized carbons (Fsp3) is 0.111. The van der Waals surface area contributed by atoms with Crippen LogP contribution in [0.2, 0.25) is 0 Å². The molecule has 0 N–H and O–H groups in total. The molecule has 2 rings (SSSR count). The summed E-state index contributed by atoms with van der Waals surface area (Å²) >= 11 is 0. The molecule has 2 radical (unpaired) electrons. The van der Waals surface area contributed by atoms with Crippen LogP contribution in [0.25, 0.3) is 6.08 Å². The smallest absolute Gasteiger partial charge is 0.00877 e. The van der Waals surface area contributed by atoms with Gasteiger partial charge < -0.3 is 0 Å². The zero-order valence-corrected chi connectivity index (χ0v) is 5.02. The lowest BCUT2D eigenvalue weighted by atomic mass is 10.1. The molecule has 0 saturated heterocycles. The van der Waals surface area contributed by atoms with Gasteiger partial charge in [0.2, 0.25) is 0 Å². The van der Waals surface area contributed by atoms with Crippen molar-refractivity contribution < 1.29 is 0 Å². The average molecular weight is 114 g/mol. The van der Waals surface area contributed by atoms with E-state index in [9.17, 15) is 0 Å². The molecule has 0 amide bonds. The van der Waals surface area contributed by atoms with Gasteiger partial charge in [-0.15, -0.1) is 0 Å². The minimum Gasteiger partial charge on any atom is -0.0795 e. The number of rotatable bonds is 0. The first kappa shape index (κ1) is 4.80. The third-order valence-corrected chi connectivity index (χ3v) is 1.54. The van der Waals surface area contributed by atoms with E-state index in [0.29, 0.717) is 0 Å². The molecule has 9 heavy (non-hydrogen) atoms. The maximum atomic E-state index is 3.11. The normalized spacial score (nSPS) is 13.8. The summed E-state index contributed by atoms with van der Waals surface area (Å²) in [5.74, 6) is 0. The summed E-state index contributed by atoms with van der Waals surface area (Å²) in [6, 6.07) is 9.95. The molecule has 0 atom stereocenters. The number of hydrogen-bond donors (Lipinski definition) is 0. The molecular formula is C9H6. The van der Waals surface area contributed by atoms with Gasteiger partial charge in [0.05, 0.1) is 0 Å². The monoisotopic (exact) mass is 114 g/mol. The van der Waals surface area contributed by atoms with E-state index in [0.717, 1.165) is 6.42 Å². The van der Waals surface area contributed by atoms with E-state index in [4.69, 9.17) is 0 Å². The summed E-state index contributed by atoms with van der Waals surface area (Å²) in [4.78, 5) is 0. The second-order valence-electron chi connectivity index (χ2n) is 2.15. The van der Waals surface area contributed by atoms with Crippen LogP contribution in [0.3, 0.4) is 0 Å². The van der Waals surface area contributed by atoms with E-state index in [2.05, 4.69) is 24.3 Å². The third kappa shape index (κ3) is 0.672. The molecular weight excluding hydrogens is 108 g/mol. The molecule has 42 valence electrons. The van der Waals surface area contributed by atoms with Gasteiger partial charge in [-0.05, 0) is 35.7 Å². The Labute approximate surface area is 54.8 Å². The largest absolute Gasteiger partial charge is 0.0795 e. The summed E-state index contributed by atoms with van der Waals surface area (Å²) in [7, 11) is 0. The number of allylic oxidation sites excluding steroid dienone is 1. The highest BCUT2D eigenvalue weighted by atomic mass is 14.0. The van der Waals surface area contributed by atoms with Crippen LogP contribution in [0.1, 0.15) is 11.1 Å². The Balaban J connectivity index is 2.63. The molecule has 0 fully saturated rings. The zero-order valence-electron chi connectivity index (χ0n) is 5.02. The van der Waals surface area contributed by atoms with Crippen molar-refractivity contribution >= 4 is 6.08 Å². The molecule has 0 saturated carbocycles. The van der Waals surface area contributed by atoms with Crippen LogP contribution in [-0.4, -0.2) is 0 Å². The van der Waals surface area contributed by atoms with Crippen molar-refractivity contribution in [1.82, 2.24) is 0 Å². The Bertz CT molecular complexity index is 246. The topological polar surface area (TPSA) is 0 Å². The summed E-state index contributed by atoms with van der Waals surface area (Å²) in [6.07, 6.45) is 5.31. The first-order valence-corrected chi connectivity index (χ1v) is 3.04. The molecule has 0 heteroatoms. The summed E-state index contributed by atoms with van der Waals surface area (Å²) in [5.41, 5.74) is 2.58. The van der Waals surface area contributed by atoms with Gasteiger partial charge in [-0.2, -0.15) is 0 Å². The van der Waals surface area contributed by atoms with Gasteiger partial charge in [0.15, 0.2) is 0 Å². The van der Waals surface area contributed by atoms with Crippen molar-refractivity contribution in [3.8, 4) is 0 Å². The molecule has 0 bridgehead atoms. The van der Waals surface area contributed by atoms with Crippen LogP contribution in [0.4, 0.5) is 0 Å². The van der Waals surface area contributed by atoms with Crippen LogP contribution in [0.15, 0.2) is 18.2 Å². The van der Waals surface area contributed by atoms with Crippen LogP contribution < -0.4 is 0 Å². The van der Waals surface area contributed by atoms with Gasteiger partial charge in [0.25, 0.3) is 0 Å². The van der Waals surface area contributed by atoms with E-state index in [1.54, 1.807) is 0 Å². The van der Waals surface area contributed by atoms with Crippen molar-refractivity contribution in [2.75, 3.05) is 0 Å². The lowest BCUT2D eigenvalue weighted by molar-refractivity contribution is 1.31. The maximum absolute atomic E-state index is 3.11. The molecule has 1 aliphatic carbocycles. The van der Waals surface area contributed by atoms with Gasteiger partial charge >= 0.3 is 0 Å². The highest BCUT2D eigenvalue weighted by Crippen LogP contribution is 2.16. The van der Waals surface area contributed by atoms with Crippen molar-refractivity contribution in [1.29, 1.82) is 0 Å². The maximum Gasteiger partial charge on any atom is -0.00877 e. The lowest BCUT2D eigenvalue weighted by Crippen LogP contribution is -1.77. The molecule has 0 spiro atoms. The Kier molecular flexibility index (Phi) is 0.922. The molecule has 0 nitrogen and oxygen atoms in total. The molecule has 1 aliphatic rings. The quantitative estimate of drug-likeness (QED) is 0.483. The van der Waals surface area contributed by atoms with Crippen LogP contribution >= 0.6 is 0 Å². The van der Waals surface area contributed by atoms with E-state index in [1.165, 1.54) is 11.1 Å². The first-order valence-electron chi connectivity index (χ1n) is 3.04. The SMILES string of the molecule is [c]1c[c]c2c(c1)CC=C2. The van der Waals surface area contributed by atoms with Crippen molar-refractivity contribution in [3.05, 3.63) is 41.5 Å². The number of benzene rings is 1. The van der Waals surface area contributed by atoms with E-state index >= 15 is 0 Å². The molecule has 1 aromatic rings. The van der Waals surface area contributed by atoms with E-state index in [-0.39, 0.29) is 0 Å². The minimum absolute atomic E-state index is 1.06. The molecule has 0 aromatic heterocycles. The molecule has 0 heterocycles. The average Bonchev–Trinajstić information content (AvgIpc) is 2.33. The summed E-state index contributed by atoms with van der Waals surface area (Å²) in [5, 5.41) is 0. The number of hydrogen-bond acceptors (Lipinski definition) is 0. The molecule has 0 aliphatic heterocycles. The highest BCUT2D eigenvalue weighted by Gasteiger charge is 2.00.